The van der Waals surface area contributed by atoms with Crippen LogP contribution in [-0.4, -0.2) is 30.1 Å². The van der Waals surface area contributed by atoms with Crippen LogP contribution in [0.15, 0.2) is 88.8 Å². The molecule has 0 atom stereocenters. The molecule has 0 aliphatic heterocycles. The second-order valence-electron chi connectivity index (χ2n) is 9.17. The van der Waals surface area contributed by atoms with Crippen LogP contribution in [-0.2, 0) is 12.8 Å². The highest BCUT2D eigenvalue weighted by atomic mass is 35.5. The SMILES string of the molecule is COc1cc(C=Nn2c(-c3cccc(C(F)(F)F)c3)nc3ccccc3c2=O)cc(OC)c1OCc1ccc(Cl)cc1Cl. The van der Waals surface area contributed by atoms with E-state index in [4.69, 9.17) is 37.4 Å². The second kappa shape index (κ2) is 12.4. The van der Waals surface area contributed by atoms with Gasteiger partial charge >= 0.3 is 6.18 Å². The molecule has 0 saturated heterocycles. The number of methoxy groups -OCH3 is 2. The summed E-state index contributed by atoms with van der Waals surface area (Å²) in [5.74, 6) is 0.827. The molecule has 0 bridgehead atoms. The fourth-order valence-electron chi connectivity index (χ4n) is 4.28. The molecular weight excluding hydrogens is 606 g/mol. The minimum absolute atomic E-state index is 0.0644. The van der Waals surface area contributed by atoms with Crippen molar-refractivity contribution in [3.63, 3.8) is 0 Å². The smallest absolute Gasteiger partial charge is 0.416 e. The number of halogens is 5. The van der Waals surface area contributed by atoms with Crippen LogP contribution in [0.2, 0.25) is 10.0 Å². The van der Waals surface area contributed by atoms with Crippen molar-refractivity contribution in [1.29, 1.82) is 0 Å². The Morgan fingerprint density at radius 2 is 1.65 bits per heavy atom. The highest BCUT2D eigenvalue weighted by molar-refractivity contribution is 6.35. The number of ether oxygens (including phenoxy) is 3. The normalized spacial score (nSPS) is 11.7. The third-order valence-corrected chi connectivity index (χ3v) is 6.98. The number of rotatable bonds is 8. The zero-order chi connectivity index (χ0) is 30.7. The predicted octanol–water partition coefficient (Wildman–Crippen LogP) is 7.87. The van der Waals surface area contributed by atoms with Gasteiger partial charge in [0.25, 0.3) is 5.56 Å². The summed E-state index contributed by atoms with van der Waals surface area (Å²) in [4.78, 5) is 18.0. The lowest BCUT2D eigenvalue weighted by atomic mass is 10.1. The van der Waals surface area contributed by atoms with E-state index in [2.05, 4.69) is 10.1 Å². The average Bonchev–Trinajstić information content (AvgIpc) is 2.99. The molecule has 5 aromatic rings. The molecule has 0 unspecified atom stereocenters. The number of benzene rings is 4. The fourth-order valence-corrected chi connectivity index (χ4v) is 4.75. The van der Waals surface area contributed by atoms with Crippen LogP contribution < -0.4 is 19.8 Å². The van der Waals surface area contributed by atoms with Gasteiger partial charge in [-0.2, -0.15) is 22.9 Å². The largest absolute Gasteiger partial charge is 0.493 e. The standard InChI is InChI=1S/C31H22Cl2F3N3O4/c1-41-26-12-18(13-27(42-2)28(26)43-17-20-10-11-22(32)15-24(20)33)16-37-39-29(19-6-5-7-21(14-19)31(34,35)36)38-25-9-4-3-8-23(25)30(39)40/h3-16H,17H2,1-2H3. The third kappa shape index (κ3) is 6.45. The van der Waals surface area contributed by atoms with Crippen molar-refractivity contribution in [2.75, 3.05) is 14.2 Å². The Morgan fingerprint density at radius 1 is 0.930 bits per heavy atom. The first kappa shape index (κ1) is 29.9. The summed E-state index contributed by atoms with van der Waals surface area (Å²) in [7, 11) is 2.89. The van der Waals surface area contributed by atoms with Crippen molar-refractivity contribution in [2.24, 2.45) is 5.10 Å². The Hall–Kier alpha value is -4.54. The lowest BCUT2D eigenvalue weighted by molar-refractivity contribution is -0.137. The zero-order valence-corrected chi connectivity index (χ0v) is 24.2. The summed E-state index contributed by atoms with van der Waals surface area (Å²) in [5.41, 5.74) is 0.0687. The molecular formula is C31H22Cl2F3N3O4. The molecule has 0 radical (unpaired) electrons. The quantitative estimate of drug-likeness (QED) is 0.164. The number of para-hydroxylation sites is 1. The van der Waals surface area contributed by atoms with Gasteiger partial charge in [0.05, 0.1) is 36.9 Å². The van der Waals surface area contributed by atoms with E-state index in [1.165, 1.54) is 32.6 Å². The predicted molar refractivity (Wildman–Crippen MR) is 160 cm³/mol. The van der Waals surface area contributed by atoms with Crippen LogP contribution in [0.5, 0.6) is 17.2 Å². The van der Waals surface area contributed by atoms with E-state index >= 15 is 0 Å². The minimum Gasteiger partial charge on any atom is -0.493 e. The van der Waals surface area contributed by atoms with Crippen LogP contribution in [0.4, 0.5) is 13.2 Å². The van der Waals surface area contributed by atoms with E-state index in [0.717, 1.165) is 16.8 Å². The maximum Gasteiger partial charge on any atom is 0.416 e. The molecule has 5 rings (SSSR count). The van der Waals surface area contributed by atoms with E-state index in [9.17, 15) is 18.0 Å². The number of alkyl halides is 3. The Labute approximate surface area is 253 Å². The summed E-state index contributed by atoms with van der Waals surface area (Å²) in [5, 5.41) is 5.51. The van der Waals surface area contributed by atoms with Crippen LogP contribution in [0.25, 0.3) is 22.3 Å². The average molecular weight is 628 g/mol. The number of fused-ring (bicyclic) bond motifs is 1. The van der Waals surface area contributed by atoms with E-state index in [1.54, 1.807) is 54.6 Å². The molecule has 12 heteroatoms. The van der Waals surface area contributed by atoms with E-state index in [-0.39, 0.29) is 23.4 Å². The van der Waals surface area contributed by atoms with E-state index in [0.29, 0.717) is 43.9 Å². The highest BCUT2D eigenvalue weighted by Gasteiger charge is 2.31. The lowest BCUT2D eigenvalue weighted by Crippen LogP contribution is -2.20. The van der Waals surface area contributed by atoms with E-state index in [1.807, 2.05) is 0 Å². The van der Waals surface area contributed by atoms with Crippen molar-refractivity contribution in [3.05, 3.63) is 116 Å². The molecule has 7 nitrogen and oxygen atoms in total. The van der Waals surface area contributed by atoms with Gasteiger partial charge in [-0.15, -0.1) is 0 Å². The summed E-state index contributed by atoms with van der Waals surface area (Å²) in [6, 6.07) is 19.3. The van der Waals surface area contributed by atoms with Gasteiger partial charge in [0.2, 0.25) is 5.75 Å². The van der Waals surface area contributed by atoms with Gasteiger partial charge in [0, 0.05) is 26.7 Å². The van der Waals surface area contributed by atoms with Gasteiger partial charge in [-0.1, -0.05) is 53.5 Å². The van der Waals surface area contributed by atoms with Gasteiger partial charge < -0.3 is 14.2 Å². The van der Waals surface area contributed by atoms with Crippen molar-refractivity contribution >= 4 is 40.3 Å². The Morgan fingerprint density at radius 3 is 2.33 bits per heavy atom. The molecule has 0 aliphatic rings. The molecule has 4 aromatic carbocycles. The summed E-state index contributed by atoms with van der Waals surface area (Å²) >= 11 is 12.3. The molecule has 220 valence electrons. The molecule has 0 saturated carbocycles. The van der Waals surface area contributed by atoms with E-state index < -0.39 is 17.3 Å². The maximum absolute atomic E-state index is 13.5. The molecule has 0 N–H and O–H groups in total. The maximum atomic E-state index is 13.5. The lowest BCUT2D eigenvalue weighted by Gasteiger charge is -2.16. The number of hydrogen-bond donors (Lipinski definition) is 0. The Kier molecular flexibility index (Phi) is 8.61. The van der Waals surface area contributed by atoms with Crippen LogP contribution in [0.3, 0.4) is 0 Å². The van der Waals surface area contributed by atoms with Crippen LogP contribution in [0, 0.1) is 0 Å². The molecule has 0 aliphatic carbocycles. The first-order valence-electron chi connectivity index (χ1n) is 12.7. The summed E-state index contributed by atoms with van der Waals surface area (Å²) in [6.07, 6.45) is -3.24. The molecule has 1 heterocycles. The number of hydrogen-bond acceptors (Lipinski definition) is 6. The van der Waals surface area contributed by atoms with Crippen LogP contribution >= 0.6 is 23.2 Å². The first-order chi connectivity index (χ1) is 20.6. The number of aromatic nitrogens is 2. The topological polar surface area (TPSA) is 74.9 Å². The van der Waals surface area contributed by atoms with Crippen molar-refractivity contribution in [3.8, 4) is 28.6 Å². The van der Waals surface area contributed by atoms with Gasteiger partial charge in [-0.05, 0) is 48.5 Å². The van der Waals surface area contributed by atoms with Crippen molar-refractivity contribution in [2.45, 2.75) is 12.8 Å². The number of nitrogens with zero attached hydrogens (tertiary/aromatic N) is 3. The second-order valence-corrected chi connectivity index (χ2v) is 10.0. The zero-order valence-electron chi connectivity index (χ0n) is 22.7. The highest BCUT2D eigenvalue weighted by Crippen LogP contribution is 2.39. The third-order valence-electron chi connectivity index (χ3n) is 6.39. The monoisotopic (exact) mass is 627 g/mol. The molecule has 0 amide bonds. The van der Waals surface area contributed by atoms with Crippen molar-refractivity contribution < 1.29 is 27.4 Å². The van der Waals surface area contributed by atoms with Crippen molar-refractivity contribution in [1.82, 2.24) is 9.66 Å². The van der Waals surface area contributed by atoms with Gasteiger partial charge in [-0.25, -0.2) is 4.98 Å². The van der Waals surface area contributed by atoms with Gasteiger partial charge in [-0.3, -0.25) is 4.79 Å². The molecule has 0 spiro atoms. The molecule has 1 aromatic heterocycles. The Bertz CT molecular complexity index is 1880. The van der Waals surface area contributed by atoms with Gasteiger partial charge in [0.15, 0.2) is 17.3 Å². The van der Waals surface area contributed by atoms with Gasteiger partial charge in [0.1, 0.15) is 6.61 Å². The Balaban J connectivity index is 1.56. The minimum atomic E-state index is -4.59. The van der Waals surface area contributed by atoms with Crippen LogP contribution in [0.1, 0.15) is 16.7 Å². The molecule has 0 fully saturated rings. The fraction of sp³-hybridized carbons (Fsp3) is 0.129. The first-order valence-corrected chi connectivity index (χ1v) is 13.4. The summed E-state index contributed by atoms with van der Waals surface area (Å²) in [6.45, 7) is 0.0919. The molecule has 43 heavy (non-hydrogen) atoms. The summed E-state index contributed by atoms with van der Waals surface area (Å²) < 4.78 is 58.5.